The van der Waals surface area contributed by atoms with Gasteiger partial charge >= 0.3 is 6.09 Å². The summed E-state index contributed by atoms with van der Waals surface area (Å²) in [6, 6.07) is 6.06. The summed E-state index contributed by atoms with van der Waals surface area (Å²) in [5.74, 6) is 0. The van der Waals surface area contributed by atoms with Crippen molar-refractivity contribution in [3.63, 3.8) is 0 Å². The van der Waals surface area contributed by atoms with Gasteiger partial charge in [-0.15, -0.1) is 0 Å². The molecule has 1 amide bonds. The first-order chi connectivity index (χ1) is 8.04. The fourth-order valence-corrected chi connectivity index (χ4v) is 1.32. The number of rotatable bonds is 3. The quantitative estimate of drug-likeness (QED) is 0.645. The van der Waals surface area contributed by atoms with Gasteiger partial charge in [-0.25, -0.2) is 10.2 Å². The molecule has 0 saturated carbocycles. The first-order valence-corrected chi connectivity index (χ1v) is 5.59. The third-order valence-electron chi connectivity index (χ3n) is 2.52. The molecular formula is C13H18N2O2. The van der Waals surface area contributed by atoms with E-state index in [1.807, 2.05) is 32.0 Å². The Morgan fingerprint density at radius 2 is 2.06 bits per heavy atom. The van der Waals surface area contributed by atoms with Gasteiger partial charge in [0.05, 0.1) is 12.3 Å². The van der Waals surface area contributed by atoms with E-state index in [-0.39, 0.29) is 0 Å². The summed E-state index contributed by atoms with van der Waals surface area (Å²) in [5, 5.41) is 3.98. The number of benzene rings is 1. The minimum Gasteiger partial charge on any atom is -0.449 e. The summed E-state index contributed by atoms with van der Waals surface area (Å²) >= 11 is 0. The van der Waals surface area contributed by atoms with E-state index in [1.54, 1.807) is 6.92 Å². The molecule has 0 aliphatic heterocycles. The molecule has 0 unspecified atom stereocenters. The maximum Gasteiger partial charge on any atom is 0.427 e. The van der Waals surface area contributed by atoms with Gasteiger partial charge in [0, 0.05) is 0 Å². The summed E-state index contributed by atoms with van der Waals surface area (Å²) in [5.41, 5.74) is 6.52. The van der Waals surface area contributed by atoms with E-state index in [4.69, 9.17) is 4.74 Å². The zero-order valence-electron chi connectivity index (χ0n) is 10.7. The highest BCUT2D eigenvalue weighted by Crippen LogP contribution is 2.10. The number of carbonyl (C=O) groups is 1. The van der Waals surface area contributed by atoms with Crippen LogP contribution in [-0.4, -0.2) is 18.4 Å². The molecule has 17 heavy (non-hydrogen) atoms. The lowest BCUT2D eigenvalue weighted by atomic mass is 10.0. The molecule has 1 aromatic carbocycles. The van der Waals surface area contributed by atoms with Gasteiger partial charge in [-0.1, -0.05) is 12.1 Å². The third-order valence-corrected chi connectivity index (χ3v) is 2.52. The van der Waals surface area contributed by atoms with Crippen LogP contribution < -0.4 is 5.43 Å². The van der Waals surface area contributed by atoms with Crippen molar-refractivity contribution < 1.29 is 9.53 Å². The molecule has 0 aromatic heterocycles. The number of hydrogen-bond acceptors (Lipinski definition) is 3. The highest BCUT2D eigenvalue weighted by atomic mass is 16.5. The summed E-state index contributed by atoms with van der Waals surface area (Å²) in [4.78, 5) is 11.1. The molecule has 4 nitrogen and oxygen atoms in total. The number of carbonyl (C=O) groups excluding carboxylic acids is 1. The molecule has 0 heterocycles. The Bertz CT molecular complexity index is 439. The smallest absolute Gasteiger partial charge is 0.427 e. The first-order valence-electron chi connectivity index (χ1n) is 5.59. The molecule has 4 heteroatoms. The van der Waals surface area contributed by atoms with E-state index >= 15 is 0 Å². The molecule has 0 atom stereocenters. The number of nitrogens with zero attached hydrogens (tertiary/aromatic N) is 1. The molecule has 92 valence electrons. The van der Waals surface area contributed by atoms with E-state index in [0.717, 1.165) is 11.3 Å². The van der Waals surface area contributed by atoms with Crippen molar-refractivity contribution >= 4 is 11.8 Å². The fourth-order valence-electron chi connectivity index (χ4n) is 1.32. The van der Waals surface area contributed by atoms with E-state index in [2.05, 4.69) is 17.5 Å². The molecule has 0 saturated heterocycles. The maximum atomic E-state index is 11.1. The fraction of sp³-hybridized carbons (Fsp3) is 0.385. The van der Waals surface area contributed by atoms with Crippen molar-refractivity contribution in [1.82, 2.24) is 5.43 Å². The highest BCUT2D eigenvalue weighted by molar-refractivity contribution is 5.99. The monoisotopic (exact) mass is 234 g/mol. The Kier molecular flexibility index (Phi) is 4.69. The lowest BCUT2D eigenvalue weighted by Gasteiger charge is -2.05. The van der Waals surface area contributed by atoms with Crippen molar-refractivity contribution in [1.29, 1.82) is 0 Å². The number of hydrazone groups is 1. The number of hydrogen-bond donors (Lipinski definition) is 1. The predicted octanol–water partition coefficient (Wildman–Crippen LogP) is 2.77. The molecule has 0 aliphatic rings. The summed E-state index contributed by atoms with van der Waals surface area (Å²) in [6.07, 6.45) is -0.532. The van der Waals surface area contributed by atoms with Crippen LogP contribution in [0.5, 0.6) is 0 Å². The Balaban J connectivity index is 2.74. The lowest BCUT2D eigenvalue weighted by Crippen LogP contribution is -2.20. The van der Waals surface area contributed by atoms with Gasteiger partial charge in [-0.3, -0.25) is 0 Å². The van der Waals surface area contributed by atoms with Gasteiger partial charge in [0.25, 0.3) is 0 Å². The standard InChI is InChI=1S/C13H18N2O2/c1-5-17-13(16)15-14-11(4)12-7-6-9(2)10(3)8-12/h6-8H,5H2,1-4H3,(H,15,16). The van der Waals surface area contributed by atoms with Crippen molar-refractivity contribution in [2.24, 2.45) is 5.10 Å². The maximum absolute atomic E-state index is 11.1. The molecule has 0 radical (unpaired) electrons. The van der Waals surface area contributed by atoms with Crippen LogP contribution in [0.3, 0.4) is 0 Å². The Morgan fingerprint density at radius 1 is 1.35 bits per heavy atom. The van der Waals surface area contributed by atoms with E-state index in [9.17, 15) is 4.79 Å². The highest BCUT2D eigenvalue weighted by Gasteiger charge is 2.02. The van der Waals surface area contributed by atoms with E-state index < -0.39 is 6.09 Å². The number of ether oxygens (including phenoxy) is 1. The van der Waals surface area contributed by atoms with E-state index in [0.29, 0.717) is 6.61 Å². The molecular weight excluding hydrogens is 216 g/mol. The minimum absolute atomic E-state index is 0.337. The molecule has 1 rings (SSSR count). The van der Waals surface area contributed by atoms with Crippen LogP contribution in [-0.2, 0) is 4.74 Å². The largest absolute Gasteiger partial charge is 0.449 e. The van der Waals surface area contributed by atoms with Crippen LogP contribution in [0.4, 0.5) is 4.79 Å². The average Bonchev–Trinajstić information content (AvgIpc) is 2.30. The zero-order valence-corrected chi connectivity index (χ0v) is 10.7. The molecule has 1 N–H and O–H groups in total. The minimum atomic E-state index is -0.532. The second kappa shape index (κ2) is 6.03. The average molecular weight is 234 g/mol. The van der Waals surface area contributed by atoms with Gasteiger partial charge in [-0.05, 0) is 50.5 Å². The Hall–Kier alpha value is -1.84. The molecule has 0 bridgehead atoms. The van der Waals surface area contributed by atoms with Crippen LogP contribution in [0.1, 0.15) is 30.5 Å². The van der Waals surface area contributed by atoms with Gasteiger partial charge < -0.3 is 4.74 Å². The summed E-state index contributed by atoms with van der Waals surface area (Å²) in [6.45, 7) is 8.03. The van der Waals surface area contributed by atoms with Crippen molar-refractivity contribution in [2.45, 2.75) is 27.7 Å². The molecule has 0 fully saturated rings. The number of amides is 1. The van der Waals surface area contributed by atoms with Gasteiger partial charge in [0.2, 0.25) is 0 Å². The van der Waals surface area contributed by atoms with E-state index in [1.165, 1.54) is 11.1 Å². The molecule has 0 aliphatic carbocycles. The SMILES string of the molecule is CCOC(=O)NN=C(C)c1ccc(C)c(C)c1. The van der Waals surface area contributed by atoms with Crippen LogP contribution in [0.2, 0.25) is 0 Å². The Morgan fingerprint density at radius 3 is 2.65 bits per heavy atom. The first kappa shape index (κ1) is 13.2. The lowest BCUT2D eigenvalue weighted by molar-refractivity contribution is 0.152. The van der Waals surface area contributed by atoms with Crippen molar-refractivity contribution in [3.05, 3.63) is 34.9 Å². The molecule has 1 aromatic rings. The van der Waals surface area contributed by atoms with Crippen molar-refractivity contribution in [3.8, 4) is 0 Å². The second-order valence-electron chi connectivity index (χ2n) is 3.83. The predicted molar refractivity (Wildman–Crippen MR) is 68.3 cm³/mol. The van der Waals surface area contributed by atoms with Crippen LogP contribution in [0.15, 0.2) is 23.3 Å². The number of aryl methyl sites for hydroxylation is 2. The van der Waals surface area contributed by atoms with Crippen LogP contribution in [0.25, 0.3) is 0 Å². The summed E-state index contributed by atoms with van der Waals surface area (Å²) < 4.78 is 4.71. The topological polar surface area (TPSA) is 50.7 Å². The van der Waals surface area contributed by atoms with Crippen LogP contribution >= 0.6 is 0 Å². The Labute approximate surface area is 102 Å². The van der Waals surface area contributed by atoms with Gasteiger partial charge in [-0.2, -0.15) is 5.10 Å². The van der Waals surface area contributed by atoms with Gasteiger partial charge in [0.15, 0.2) is 0 Å². The number of nitrogens with one attached hydrogen (secondary N) is 1. The normalized spacial score (nSPS) is 11.2. The summed E-state index contributed by atoms with van der Waals surface area (Å²) in [7, 11) is 0. The van der Waals surface area contributed by atoms with Crippen LogP contribution in [0, 0.1) is 13.8 Å². The van der Waals surface area contributed by atoms with Gasteiger partial charge in [0.1, 0.15) is 0 Å². The van der Waals surface area contributed by atoms with Crippen molar-refractivity contribution in [2.75, 3.05) is 6.61 Å². The molecule has 0 spiro atoms. The second-order valence-corrected chi connectivity index (χ2v) is 3.83. The third kappa shape index (κ3) is 3.90. The zero-order chi connectivity index (χ0) is 12.8.